The van der Waals surface area contributed by atoms with E-state index in [0.29, 0.717) is 6.61 Å². The van der Waals surface area contributed by atoms with E-state index in [1.807, 2.05) is 7.05 Å². The lowest BCUT2D eigenvalue weighted by molar-refractivity contribution is 0.185. The quantitative estimate of drug-likeness (QED) is 0.842. The molecule has 3 nitrogen and oxygen atoms in total. The fraction of sp³-hybridized carbons (Fsp3) is 0.571. The molecule has 3 heteroatoms. The van der Waals surface area contributed by atoms with Crippen LogP contribution in [0.3, 0.4) is 0 Å². The highest BCUT2D eigenvalue weighted by Crippen LogP contribution is 2.24. The maximum atomic E-state index is 5.18. The third-order valence-corrected chi connectivity index (χ3v) is 3.37. The number of ether oxygens (including phenoxy) is 1. The molecule has 1 saturated heterocycles. The van der Waals surface area contributed by atoms with Crippen LogP contribution in [0.15, 0.2) is 24.3 Å². The van der Waals surface area contributed by atoms with E-state index in [2.05, 4.69) is 34.5 Å². The molecular weight excluding hydrogens is 212 g/mol. The van der Waals surface area contributed by atoms with Crippen molar-refractivity contribution in [3.05, 3.63) is 29.8 Å². The fourth-order valence-electron chi connectivity index (χ4n) is 2.53. The minimum Gasteiger partial charge on any atom is -0.380 e. The third-order valence-electron chi connectivity index (χ3n) is 3.37. The molecule has 1 heterocycles. The van der Waals surface area contributed by atoms with Gasteiger partial charge in [0.15, 0.2) is 0 Å². The van der Waals surface area contributed by atoms with Crippen LogP contribution in [0.4, 0.5) is 5.69 Å². The second-order valence-corrected chi connectivity index (χ2v) is 4.76. The Labute approximate surface area is 104 Å². The second kappa shape index (κ2) is 6.03. The number of hydrogen-bond donors (Lipinski definition) is 1. The summed E-state index contributed by atoms with van der Waals surface area (Å²) < 4.78 is 5.18. The Bertz CT molecular complexity index is 354. The van der Waals surface area contributed by atoms with Gasteiger partial charge in [-0.1, -0.05) is 12.1 Å². The van der Waals surface area contributed by atoms with Crippen molar-refractivity contribution < 1.29 is 4.74 Å². The molecule has 0 amide bonds. The van der Waals surface area contributed by atoms with E-state index in [1.165, 1.54) is 24.2 Å². The van der Waals surface area contributed by atoms with Crippen LogP contribution in [0.25, 0.3) is 0 Å². The molecule has 1 N–H and O–H groups in total. The average molecular weight is 234 g/mol. The van der Waals surface area contributed by atoms with Gasteiger partial charge in [0.05, 0.1) is 6.61 Å². The van der Waals surface area contributed by atoms with Gasteiger partial charge in [0.2, 0.25) is 0 Å². The van der Waals surface area contributed by atoms with Gasteiger partial charge in [0, 0.05) is 25.9 Å². The van der Waals surface area contributed by atoms with Crippen LogP contribution in [0.2, 0.25) is 0 Å². The van der Waals surface area contributed by atoms with Gasteiger partial charge < -0.3 is 15.0 Å². The summed E-state index contributed by atoms with van der Waals surface area (Å²) in [6.07, 6.45) is 1.29. The maximum absolute atomic E-state index is 5.18. The third kappa shape index (κ3) is 3.20. The van der Waals surface area contributed by atoms with Gasteiger partial charge in [-0.05, 0) is 43.6 Å². The van der Waals surface area contributed by atoms with Crippen LogP contribution in [0.1, 0.15) is 12.0 Å². The zero-order valence-electron chi connectivity index (χ0n) is 10.8. The van der Waals surface area contributed by atoms with Crippen molar-refractivity contribution in [1.29, 1.82) is 0 Å². The van der Waals surface area contributed by atoms with E-state index >= 15 is 0 Å². The molecule has 0 aliphatic carbocycles. The molecule has 0 spiro atoms. The molecule has 0 saturated carbocycles. The van der Waals surface area contributed by atoms with E-state index < -0.39 is 0 Å². The summed E-state index contributed by atoms with van der Waals surface area (Å²) in [7, 11) is 3.77. The van der Waals surface area contributed by atoms with E-state index in [-0.39, 0.29) is 0 Å². The van der Waals surface area contributed by atoms with Crippen molar-refractivity contribution in [2.24, 2.45) is 5.92 Å². The Balaban J connectivity index is 2.00. The molecule has 0 radical (unpaired) electrons. The lowest BCUT2D eigenvalue weighted by Crippen LogP contribution is -2.24. The number of methoxy groups -OCH3 is 1. The first-order chi connectivity index (χ1) is 8.33. The van der Waals surface area contributed by atoms with Crippen LogP contribution in [-0.2, 0) is 11.3 Å². The number of rotatable bonds is 5. The molecule has 94 valence electrons. The summed E-state index contributed by atoms with van der Waals surface area (Å²) in [5, 5.41) is 3.27. The van der Waals surface area contributed by atoms with E-state index in [4.69, 9.17) is 4.74 Å². The topological polar surface area (TPSA) is 24.5 Å². The van der Waals surface area contributed by atoms with Gasteiger partial charge in [-0.2, -0.15) is 0 Å². The summed E-state index contributed by atoms with van der Waals surface area (Å²) >= 11 is 0. The number of nitrogens with zero attached hydrogens (tertiary/aromatic N) is 1. The molecule has 0 aromatic heterocycles. The van der Waals surface area contributed by atoms with Crippen LogP contribution >= 0.6 is 0 Å². The molecular formula is C14H22N2O. The lowest BCUT2D eigenvalue weighted by Gasteiger charge is -2.19. The highest BCUT2D eigenvalue weighted by atomic mass is 16.5. The molecule has 1 aliphatic heterocycles. The predicted octanol–water partition coefficient (Wildman–Crippen LogP) is 1.88. The number of anilines is 1. The van der Waals surface area contributed by atoms with Crippen molar-refractivity contribution in [3.8, 4) is 0 Å². The summed E-state index contributed by atoms with van der Waals surface area (Å²) in [5.41, 5.74) is 2.58. The Hall–Kier alpha value is -1.06. The Kier molecular flexibility index (Phi) is 4.40. The monoisotopic (exact) mass is 234 g/mol. The van der Waals surface area contributed by atoms with Gasteiger partial charge in [-0.15, -0.1) is 0 Å². The molecule has 1 aromatic rings. The second-order valence-electron chi connectivity index (χ2n) is 4.76. The first-order valence-corrected chi connectivity index (χ1v) is 6.31. The average Bonchev–Trinajstić information content (AvgIpc) is 2.79. The van der Waals surface area contributed by atoms with Crippen molar-refractivity contribution in [1.82, 2.24) is 5.32 Å². The Morgan fingerprint density at radius 3 is 3.12 bits per heavy atom. The van der Waals surface area contributed by atoms with Gasteiger partial charge in [-0.3, -0.25) is 0 Å². The van der Waals surface area contributed by atoms with Crippen LogP contribution in [0, 0.1) is 5.92 Å². The summed E-state index contributed by atoms with van der Waals surface area (Å²) in [4.78, 5) is 2.47. The molecule has 1 unspecified atom stereocenters. The maximum Gasteiger partial charge on any atom is 0.0713 e. The first-order valence-electron chi connectivity index (χ1n) is 6.31. The normalized spacial score (nSPS) is 19.9. The fourth-order valence-corrected chi connectivity index (χ4v) is 2.53. The largest absolute Gasteiger partial charge is 0.380 e. The highest BCUT2D eigenvalue weighted by Gasteiger charge is 2.21. The zero-order valence-corrected chi connectivity index (χ0v) is 10.8. The Morgan fingerprint density at radius 2 is 2.35 bits per heavy atom. The van der Waals surface area contributed by atoms with Crippen molar-refractivity contribution in [2.75, 3.05) is 38.7 Å². The van der Waals surface area contributed by atoms with E-state index in [0.717, 1.165) is 19.0 Å². The Morgan fingerprint density at radius 1 is 1.47 bits per heavy atom. The minimum atomic E-state index is 0.696. The SMILES string of the molecule is CNCC1CCN(c2cccc(COC)c2)C1. The number of nitrogens with one attached hydrogen (secondary N) is 1. The van der Waals surface area contributed by atoms with Crippen molar-refractivity contribution in [3.63, 3.8) is 0 Å². The highest BCUT2D eigenvalue weighted by molar-refractivity contribution is 5.49. The summed E-state index contributed by atoms with van der Waals surface area (Å²) in [6.45, 7) is 4.15. The van der Waals surface area contributed by atoms with Gasteiger partial charge in [-0.25, -0.2) is 0 Å². The minimum absolute atomic E-state index is 0.696. The van der Waals surface area contributed by atoms with Crippen molar-refractivity contribution >= 4 is 5.69 Å². The molecule has 1 aliphatic rings. The molecule has 17 heavy (non-hydrogen) atoms. The number of benzene rings is 1. The van der Waals surface area contributed by atoms with Gasteiger partial charge in [0.1, 0.15) is 0 Å². The van der Waals surface area contributed by atoms with Crippen LogP contribution < -0.4 is 10.2 Å². The van der Waals surface area contributed by atoms with E-state index in [9.17, 15) is 0 Å². The first kappa shape index (κ1) is 12.4. The molecule has 1 fully saturated rings. The van der Waals surface area contributed by atoms with Crippen molar-refractivity contribution in [2.45, 2.75) is 13.0 Å². The van der Waals surface area contributed by atoms with E-state index in [1.54, 1.807) is 7.11 Å². The molecule has 1 atom stereocenters. The zero-order chi connectivity index (χ0) is 12.1. The predicted molar refractivity (Wildman–Crippen MR) is 71.4 cm³/mol. The summed E-state index contributed by atoms with van der Waals surface area (Å²) in [6, 6.07) is 8.68. The molecule has 2 rings (SSSR count). The standard InChI is InChI=1S/C14H22N2O/c1-15-9-13-6-7-16(10-13)14-5-3-4-12(8-14)11-17-2/h3-5,8,13,15H,6-7,9-11H2,1-2H3. The van der Waals surface area contributed by atoms with Crippen LogP contribution in [0.5, 0.6) is 0 Å². The lowest BCUT2D eigenvalue weighted by atomic mass is 10.1. The number of hydrogen-bond acceptors (Lipinski definition) is 3. The molecule has 0 bridgehead atoms. The summed E-state index contributed by atoms with van der Waals surface area (Å²) in [5.74, 6) is 0.783. The molecule has 1 aromatic carbocycles. The van der Waals surface area contributed by atoms with Crippen LogP contribution in [-0.4, -0.2) is 33.8 Å². The smallest absolute Gasteiger partial charge is 0.0713 e. The van der Waals surface area contributed by atoms with Gasteiger partial charge in [0.25, 0.3) is 0 Å². The van der Waals surface area contributed by atoms with Gasteiger partial charge >= 0.3 is 0 Å².